The Bertz CT molecular complexity index is 327. The summed E-state index contributed by atoms with van der Waals surface area (Å²) in [4.78, 5) is 11.6. The van der Waals surface area contributed by atoms with Crippen LogP contribution in [0.4, 0.5) is 0 Å². The highest BCUT2D eigenvalue weighted by Crippen LogP contribution is 2.18. The van der Waals surface area contributed by atoms with E-state index in [9.17, 15) is 4.79 Å². The van der Waals surface area contributed by atoms with Crippen LogP contribution in [0.15, 0.2) is 24.3 Å². The summed E-state index contributed by atoms with van der Waals surface area (Å²) < 4.78 is 0. The van der Waals surface area contributed by atoms with Crippen molar-refractivity contribution in [1.29, 1.82) is 0 Å². The Morgan fingerprint density at radius 3 is 1.73 bits per heavy atom. The molecule has 1 atom stereocenters. The summed E-state index contributed by atoms with van der Waals surface area (Å²) in [6.45, 7) is 2.28. The molecule has 0 bridgehead atoms. The summed E-state index contributed by atoms with van der Waals surface area (Å²) in [7, 11) is 0. The van der Waals surface area contributed by atoms with E-state index >= 15 is 0 Å². The van der Waals surface area contributed by atoms with Gasteiger partial charge in [-0.25, -0.2) is 0 Å². The fourth-order valence-electron chi connectivity index (χ4n) is 3.19. The van der Waals surface area contributed by atoms with Gasteiger partial charge in [0.2, 0.25) is 0 Å². The second-order valence-corrected chi connectivity index (χ2v) is 6.78. The molecular formula is C21H36O. The SMILES string of the molecule is CCCCCCCCCCCCCCCC1C=CC=CC1=O. The number of allylic oxidation sites excluding steroid dienone is 4. The first kappa shape index (κ1) is 19.2. The maximum atomic E-state index is 11.6. The Morgan fingerprint density at radius 2 is 1.23 bits per heavy atom. The van der Waals surface area contributed by atoms with Crippen molar-refractivity contribution >= 4 is 5.78 Å². The fraction of sp³-hybridized carbons (Fsp3) is 0.762. The van der Waals surface area contributed by atoms with Crippen LogP contribution < -0.4 is 0 Å². The Hall–Kier alpha value is -0.850. The summed E-state index contributed by atoms with van der Waals surface area (Å²) in [5, 5.41) is 0. The predicted molar refractivity (Wildman–Crippen MR) is 97.1 cm³/mol. The van der Waals surface area contributed by atoms with E-state index < -0.39 is 0 Å². The van der Waals surface area contributed by atoms with Gasteiger partial charge in [-0.2, -0.15) is 0 Å². The molecular weight excluding hydrogens is 268 g/mol. The predicted octanol–water partition coefficient (Wildman–Crippen LogP) is 6.78. The monoisotopic (exact) mass is 304 g/mol. The molecule has 1 nitrogen and oxygen atoms in total. The molecule has 126 valence electrons. The molecule has 0 aromatic carbocycles. The molecule has 0 saturated heterocycles. The molecule has 1 unspecified atom stereocenters. The minimum Gasteiger partial charge on any atom is -0.294 e. The molecule has 22 heavy (non-hydrogen) atoms. The van der Waals surface area contributed by atoms with Crippen LogP contribution in [0.5, 0.6) is 0 Å². The van der Waals surface area contributed by atoms with Crippen molar-refractivity contribution in [3.63, 3.8) is 0 Å². The minimum absolute atomic E-state index is 0.165. The van der Waals surface area contributed by atoms with E-state index in [1.807, 2.05) is 12.2 Å². The summed E-state index contributed by atoms with van der Waals surface area (Å²) >= 11 is 0. The second-order valence-electron chi connectivity index (χ2n) is 6.78. The van der Waals surface area contributed by atoms with Crippen LogP contribution in [0, 0.1) is 5.92 Å². The zero-order valence-electron chi connectivity index (χ0n) is 14.7. The minimum atomic E-state index is 0.165. The Balaban J connectivity index is 1.77. The van der Waals surface area contributed by atoms with E-state index in [4.69, 9.17) is 0 Å². The lowest BCUT2D eigenvalue weighted by molar-refractivity contribution is -0.117. The van der Waals surface area contributed by atoms with Crippen LogP contribution in [-0.4, -0.2) is 5.78 Å². The Kier molecular flexibility index (Phi) is 12.0. The van der Waals surface area contributed by atoms with Crippen molar-refractivity contribution < 1.29 is 4.79 Å². The van der Waals surface area contributed by atoms with Crippen molar-refractivity contribution in [1.82, 2.24) is 0 Å². The first-order chi connectivity index (χ1) is 10.8. The highest BCUT2D eigenvalue weighted by atomic mass is 16.1. The van der Waals surface area contributed by atoms with E-state index in [0.29, 0.717) is 5.78 Å². The van der Waals surface area contributed by atoms with Gasteiger partial charge in [0.15, 0.2) is 5.78 Å². The van der Waals surface area contributed by atoms with Crippen molar-refractivity contribution in [2.45, 2.75) is 96.8 Å². The van der Waals surface area contributed by atoms with Crippen LogP contribution in [0.25, 0.3) is 0 Å². The number of hydrogen-bond acceptors (Lipinski definition) is 1. The maximum Gasteiger partial charge on any atom is 0.162 e. The van der Waals surface area contributed by atoms with Gasteiger partial charge in [0, 0.05) is 5.92 Å². The van der Waals surface area contributed by atoms with Gasteiger partial charge in [-0.15, -0.1) is 0 Å². The van der Waals surface area contributed by atoms with Crippen molar-refractivity contribution in [2.24, 2.45) is 5.92 Å². The standard InChI is InChI=1S/C21H36O/c1-2-3-4-5-6-7-8-9-10-11-12-13-14-17-20-18-15-16-19-21(20)22/h15-16,18-20H,2-14,17H2,1H3. The zero-order valence-corrected chi connectivity index (χ0v) is 14.7. The fourth-order valence-corrected chi connectivity index (χ4v) is 3.19. The van der Waals surface area contributed by atoms with Crippen molar-refractivity contribution in [3.8, 4) is 0 Å². The molecule has 0 aromatic heterocycles. The summed E-state index contributed by atoms with van der Waals surface area (Å²) in [6.07, 6.45) is 26.7. The molecule has 0 fully saturated rings. The highest BCUT2D eigenvalue weighted by molar-refractivity contribution is 5.94. The number of rotatable bonds is 14. The first-order valence-corrected chi connectivity index (χ1v) is 9.73. The van der Waals surface area contributed by atoms with Crippen LogP contribution in [0.1, 0.15) is 96.8 Å². The van der Waals surface area contributed by atoms with Gasteiger partial charge in [-0.1, -0.05) is 109 Å². The third kappa shape index (κ3) is 9.97. The normalized spacial score (nSPS) is 17.3. The Morgan fingerprint density at radius 1 is 0.727 bits per heavy atom. The molecule has 1 rings (SSSR count). The van der Waals surface area contributed by atoms with E-state index in [0.717, 1.165) is 6.42 Å². The van der Waals surface area contributed by atoms with Crippen LogP contribution in [0.2, 0.25) is 0 Å². The average molecular weight is 305 g/mol. The smallest absolute Gasteiger partial charge is 0.162 e. The molecule has 0 radical (unpaired) electrons. The third-order valence-electron chi connectivity index (χ3n) is 4.70. The number of hydrogen-bond donors (Lipinski definition) is 0. The molecule has 1 aliphatic rings. The zero-order chi connectivity index (χ0) is 15.9. The largest absolute Gasteiger partial charge is 0.294 e. The summed E-state index contributed by atoms with van der Waals surface area (Å²) in [5.41, 5.74) is 0. The molecule has 0 saturated carbocycles. The molecule has 1 heteroatoms. The van der Waals surface area contributed by atoms with Gasteiger partial charge in [-0.05, 0) is 12.5 Å². The van der Waals surface area contributed by atoms with Gasteiger partial charge in [0.05, 0.1) is 0 Å². The van der Waals surface area contributed by atoms with Gasteiger partial charge in [-0.3, -0.25) is 4.79 Å². The second kappa shape index (κ2) is 13.8. The van der Waals surface area contributed by atoms with Crippen LogP contribution >= 0.6 is 0 Å². The molecule has 0 N–H and O–H groups in total. The first-order valence-electron chi connectivity index (χ1n) is 9.73. The van der Waals surface area contributed by atoms with E-state index in [1.54, 1.807) is 6.08 Å². The van der Waals surface area contributed by atoms with Gasteiger partial charge >= 0.3 is 0 Å². The number of unbranched alkanes of at least 4 members (excludes halogenated alkanes) is 12. The Labute approximate surface area is 138 Å². The molecule has 0 aromatic rings. The third-order valence-corrected chi connectivity index (χ3v) is 4.70. The van der Waals surface area contributed by atoms with E-state index in [-0.39, 0.29) is 5.92 Å². The van der Waals surface area contributed by atoms with Crippen LogP contribution in [-0.2, 0) is 4.79 Å². The van der Waals surface area contributed by atoms with Crippen molar-refractivity contribution in [2.75, 3.05) is 0 Å². The topological polar surface area (TPSA) is 17.1 Å². The molecule has 0 spiro atoms. The van der Waals surface area contributed by atoms with Gasteiger partial charge in [0.1, 0.15) is 0 Å². The molecule has 1 aliphatic carbocycles. The lowest BCUT2D eigenvalue weighted by Crippen LogP contribution is -2.11. The number of carbonyl (C=O) groups is 1. The number of carbonyl (C=O) groups excluding carboxylic acids is 1. The van der Waals surface area contributed by atoms with E-state index in [1.165, 1.54) is 83.5 Å². The van der Waals surface area contributed by atoms with Crippen molar-refractivity contribution in [3.05, 3.63) is 24.3 Å². The number of ketones is 1. The highest BCUT2D eigenvalue weighted by Gasteiger charge is 2.13. The molecule has 0 heterocycles. The van der Waals surface area contributed by atoms with Crippen LogP contribution in [0.3, 0.4) is 0 Å². The van der Waals surface area contributed by atoms with Gasteiger partial charge < -0.3 is 0 Å². The lowest BCUT2D eigenvalue weighted by atomic mass is 9.93. The lowest BCUT2D eigenvalue weighted by Gasteiger charge is -2.11. The van der Waals surface area contributed by atoms with E-state index in [2.05, 4.69) is 13.0 Å². The summed E-state index contributed by atoms with van der Waals surface area (Å²) in [5.74, 6) is 0.458. The molecule has 0 amide bonds. The molecule has 0 aliphatic heterocycles. The maximum absolute atomic E-state index is 11.6. The average Bonchev–Trinajstić information content (AvgIpc) is 2.53. The quantitative estimate of drug-likeness (QED) is 0.323. The van der Waals surface area contributed by atoms with Gasteiger partial charge in [0.25, 0.3) is 0 Å². The summed E-state index contributed by atoms with van der Waals surface area (Å²) in [6, 6.07) is 0.